The van der Waals surface area contributed by atoms with E-state index in [-0.39, 0.29) is 5.91 Å². The first-order chi connectivity index (χ1) is 8.67. The molecule has 0 aromatic rings. The SMILES string of the molecule is CNC1(C(N)=O)CCCC1CCOCCCOC. The Balaban J connectivity index is 2.30. The van der Waals surface area contributed by atoms with Gasteiger partial charge >= 0.3 is 0 Å². The fourth-order valence-corrected chi connectivity index (χ4v) is 2.88. The summed E-state index contributed by atoms with van der Waals surface area (Å²) in [7, 11) is 3.51. The molecule has 1 amide bonds. The van der Waals surface area contributed by atoms with Crippen LogP contribution in [0, 0.1) is 5.92 Å². The second-order valence-corrected chi connectivity index (χ2v) is 4.92. The lowest BCUT2D eigenvalue weighted by molar-refractivity contribution is -0.125. The number of carbonyl (C=O) groups excluding carboxylic acids is 1. The Kier molecular flexibility index (Phi) is 6.60. The number of nitrogens with two attached hydrogens (primary N) is 1. The Bertz CT molecular complexity index is 261. The molecule has 1 aliphatic carbocycles. The van der Waals surface area contributed by atoms with Crippen molar-refractivity contribution in [3.8, 4) is 0 Å². The minimum Gasteiger partial charge on any atom is -0.385 e. The van der Waals surface area contributed by atoms with Crippen molar-refractivity contribution in [2.45, 2.75) is 37.6 Å². The number of ether oxygens (including phenoxy) is 2. The van der Waals surface area contributed by atoms with Crippen LogP contribution >= 0.6 is 0 Å². The summed E-state index contributed by atoms with van der Waals surface area (Å²) in [5.74, 6) is 0.0642. The van der Waals surface area contributed by atoms with Crippen LogP contribution < -0.4 is 11.1 Å². The Morgan fingerprint density at radius 2 is 2.22 bits per heavy atom. The van der Waals surface area contributed by atoms with Crippen LogP contribution in [0.2, 0.25) is 0 Å². The van der Waals surface area contributed by atoms with Crippen LogP contribution in [0.1, 0.15) is 32.1 Å². The average molecular weight is 258 g/mol. The monoisotopic (exact) mass is 258 g/mol. The Hall–Kier alpha value is -0.650. The third-order valence-electron chi connectivity index (χ3n) is 3.95. The lowest BCUT2D eigenvalue weighted by atomic mass is 9.84. The minimum atomic E-state index is -0.518. The third kappa shape index (κ3) is 3.67. The van der Waals surface area contributed by atoms with Gasteiger partial charge in [-0.05, 0) is 38.6 Å². The van der Waals surface area contributed by atoms with Gasteiger partial charge in [0.2, 0.25) is 5.91 Å². The van der Waals surface area contributed by atoms with Crippen molar-refractivity contribution in [1.82, 2.24) is 5.32 Å². The molecule has 1 rings (SSSR count). The second kappa shape index (κ2) is 7.71. The molecule has 0 aromatic heterocycles. The van der Waals surface area contributed by atoms with Crippen molar-refractivity contribution in [3.63, 3.8) is 0 Å². The number of hydrogen-bond acceptors (Lipinski definition) is 4. The minimum absolute atomic E-state index is 0.230. The molecule has 2 atom stereocenters. The van der Waals surface area contributed by atoms with Gasteiger partial charge in [-0.15, -0.1) is 0 Å². The predicted octanol–water partition coefficient (Wildman–Crippen LogP) is 0.673. The summed E-state index contributed by atoms with van der Waals surface area (Å²) < 4.78 is 10.5. The number of hydrogen-bond donors (Lipinski definition) is 2. The van der Waals surface area contributed by atoms with E-state index in [0.717, 1.165) is 38.7 Å². The first-order valence-corrected chi connectivity index (χ1v) is 6.73. The summed E-state index contributed by atoms with van der Waals surface area (Å²) in [5.41, 5.74) is 5.03. The number of carbonyl (C=O) groups is 1. The normalized spacial score (nSPS) is 27.6. The highest BCUT2D eigenvalue weighted by molar-refractivity contribution is 5.85. The zero-order valence-corrected chi connectivity index (χ0v) is 11.5. The molecule has 0 radical (unpaired) electrons. The first kappa shape index (κ1) is 15.4. The van der Waals surface area contributed by atoms with Gasteiger partial charge in [-0.2, -0.15) is 0 Å². The molecule has 2 unspecified atom stereocenters. The Morgan fingerprint density at radius 3 is 2.83 bits per heavy atom. The molecule has 0 bridgehead atoms. The summed E-state index contributed by atoms with van der Waals surface area (Å²) in [6.45, 7) is 2.12. The fraction of sp³-hybridized carbons (Fsp3) is 0.923. The summed E-state index contributed by atoms with van der Waals surface area (Å²) in [6, 6.07) is 0. The van der Waals surface area contributed by atoms with Crippen LogP contribution in [-0.2, 0) is 14.3 Å². The number of likely N-dealkylation sites (N-methyl/N-ethyl adjacent to an activating group) is 1. The van der Waals surface area contributed by atoms with E-state index in [2.05, 4.69) is 5.32 Å². The molecule has 1 saturated carbocycles. The van der Waals surface area contributed by atoms with Gasteiger partial charge in [0, 0.05) is 26.9 Å². The van der Waals surface area contributed by atoms with Crippen molar-refractivity contribution in [2.75, 3.05) is 34.0 Å². The Morgan fingerprint density at radius 1 is 1.44 bits per heavy atom. The van der Waals surface area contributed by atoms with Crippen LogP contribution in [0.15, 0.2) is 0 Å². The van der Waals surface area contributed by atoms with Gasteiger partial charge in [-0.1, -0.05) is 6.42 Å². The van der Waals surface area contributed by atoms with Crippen LogP contribution in [-0.4, -0.2) is 45.4 Å². The molecular formula is C13H26N2O3. The first-order valence-electron chi connectivity index (χ1n) is 6.73. The maximum atomic E-state index is 11.6. The molecule has 1 aliphatic rings. The average Bonchev–Trinajstić information content (AvgIpc) is 2.77. The largest absolute Gasteiger partial charge is 0.385 e. The topological polar surface area (TPSA) is 73.6 Å². The predicted molar refractivity (Wildman–Crippen MR) is 70.3 cm³/mol. The Labute approximate surface area is 109 Å². The van der Waals surface area contributed by atoms with Gasteiger partial charge in [0.1, 0.15) is 5.54 Å². The molecule has 0 saturated heterocycles. The van der Waals surface area contributed by atoms with E-state index in [1.54, 1.807) is 7.11 Å². The highest BCUT2D eigenvalue weighted by Gasteiger charge is 2.46. The van der Waals surface area contributed by atoms with E-state index in [9.17, 15) is 4.79 Å². The number of methoxy groups -OCH3 is 1. The van der Waals surface area contributed by atoms with E-state index in [0.29, 0.717) is 19.1 Å². The van der Waals surface area contributed by atoms with Crippen molar-refractivity contribution in [2.24, 2.45) is 11.7 Å². The zero-order chi connectivity index (χ0) is 13.4. The molecule has 0 aliphatic heterocycles. The fourth-order valence-electron chi connectivity index (χ4n) is 2.88. The quantitative estimate of drug-likeness (QED) is 0.596. The smallest absolute Gasteiger partial charge is 0.238 e. The summed E-state index contributed by atoms with van der Waals surface area (Å²) >= 11 is 0. The third-order valence-corrected chi connectivity index (χ3v) is 3.95. The standard InChI is InChI=1S/C13H26N2O3/c1-15-13(12(14)16)7-3-5-11(13)6-10-18-9-4-8-17-2/h11,15H,3-10H2,1-2H3,(H2,14,16). The van der Waals surface area contributed by atoms with E-state index >= 15 is 0 Å². The molecule has 0 heterocycles. The number of primary amides is 1. The highest BCUT2D eigenvalue weighted by atomic mass is 16.5. The number of rotatable bonds is 9. The van der Waals surface area contributed by atoms with Crippen LogP contribution in [0.4, 0.5) is 0 Å². The molecule has 1 fully saturated rings. The van der Waals surface area contributed by atoms with Crippen LogP contribution in [0.25, 0.3) is 0 Å². The van der Waals surface area contributed by atoms with E-state index in [1.807, 2.05) is 7.05 Å². The molecule has 0 aromatic carbocycles. The van der Waals surface area contributed by atoms with Gasteiger partial charge in [0.15, 0.2) is 0 Å². The van der Waals surface area contributed by atoms with Gasteiger partial charge in [0.05, 0.1) is 0 Å². The molecule has 106 valence electrons. The molecule has 5 nitrogen and oxygen atoms in total. The molecule has 3 N–H and O–H groups in total. The molecule has 0 spiro atoms. The van der Waals surface area contributed by atoms with Crippen LogP contribution in [0.5, 0.6) is 0 Å². The number of amides is 1. The molecule has 18 heavy (non-hydrogen) atoms. The van der Waals surface area contributed by atoms with E-state index in [1.165, 1.54) is 0 Å². The van der Waals surface area contributed by atoms with Crippen molar-refractivity contribution >= 4 is 5.91 Å². The summed E-state index contributed by atoms with van der Waals surface area (Å²) in [6.07, 6.45) is 4.74. The lowest BCUT2D eigenvalue weighted by Gasteiger charge is -2.32. The highest BCUT2D eigenvalue weighted by Crippen LogP contribution is 2.37. The van der Waals surface area contributed by atoms with Crippen molar-refractivity contribution in [1.29, 1.82) is 0 Å². The lowest BCUT2D eigenvalue weighted by Crippen LogP contribution is -2.56. The second-order valence-electron chi connectivity index (χ2n) is 4.92. The van der Waals surface area contributed by atoms with E-state index < -0.39 is 5.54 Å². The molecule has 5 heteroatoms. The summed E-state index contributed by atoms with van der Waals surface area (Å²) in [5, 5.41) is 3.14. The van der Waals surface area contributed by atoms with Crippen molar-refractivity contribution in [3.05, 3.63) is 0 Å². The van der Waals surface area contributed by atoms with Gasteiger partial charge in [-0.25, -0.2) is 0 Å². The van der Waals surface area contributed by atoms with Gasteiger partial charge < -0.3 is 20.5 Å². The number of nitrogens with one attached hydrogen (secondary N) is 1. The van der Waals surface area contributed by atoms with E-state index in [4.69, 9.17) is 15.2 Å². The van der Waals surface area contributed by atoms with Gasteiger partial charge in [-0.3, -0.25) is 4.79 Å². The van der Waals surface area contributed by atoms with Crippen LogP contribution in [0.3, 0.4) is 0 Å². The maximum Gasteiger partial charge on any atom is 0.238 e. The summed E-state index contributed by atoms with van der Waals surface area (Å²) in [4.78, 5) is 11.6. The van der Waals surface area contributed by atoms with Crippen molar-refractivity contribution < 1.29 is 14.3 Å². The zero-order valence-electron chi connectivity index (χ0n) is 11.5. The van der Waals surface area contributed by atoms with Gasteiger partial charge in [0.25, 0.3) is 0 Å². The molecular weight excluding hydrogens is 232 g/mol. The maximum absolute atomic E-state index is 11.6.